The molecule has 0 spiro atoms. The van der Waals surface area contributed by atoms with Crippen molar-refractivity contribution in [3.8, 4) is 0 Å². The molecule has 0 saturated heterocycles. The molecule has 0 bridgehead atoms. The van der Waals surface area contributed by atoms with E-state index in [9.17, 15) is 13.2 Å². The summed E-state index contributed by atoms with van der Waals surface area (Å²) in [6.45, 7) is 4.04. The van der Waals surface area contributed by atoms with Crippen LogP contribution in [0.2, 0.25) is 10.0 Å². The van der Waals surface area contributed by atoms with Crippen molar-refractivity contribution < 1.29 is 13.2 Å². The molecule has 0 aromatic heterocycles. The second-order valence-corrected chi connectivity index (χ2v) is 8.95. The zero-order chi connectivity index (χ0) is 19.5. The average molecular weight is 480 g/mol. The summed E-state index contributed by atoms with van der Waals surface area (Å²) in [7, 11) is -3.83. The number of carbonyl (C=O) groups excluding carboxylic acids is 1. The number of amides is 1. The highest BCUT2D eigenvalue weighted by atomic mass is 79.9. The number of nitrogens with zero attached hydrogens (tertiary/aromatic N) is 1. The molecule has 0 unspecified atom stereocenters. The number of benzene rings is 2. The molecule has 0 atom stereocenters. The first kappa shape index (κ1) is 21.2. The molecule has 2 aromatic carbocycles. The molecule has 2 aromatic rings. The normalized spacial score (nSPS) is 11.6. The quantitative estimate of drug-likeness (QED) is 0.631. The lowest BCUT2D eigenvalue weighted by molar-refractivity contribution is 0.102. The summed E-state index contributed by atoms with van der Waals surface area (Å²) in [6.07, 6.45) is 0. The van der Waals surface area contributed by atoms with Crippen LogP contribution < -0.4 is 5.32 Å². The number of carbonyl (C=O) groups is 1. The Hall–Kier alpha value is -1.12. The van der Waals surface area contributed by atoms with E-state index in [1.54, 1.807) is 38.1 Å². The van der Waals surface area contributed by atoms with Crippen molar-refractivity contribution in [3.05, 3.63) is 56.5 Å². The van der Waals surface area contributed by atoms with E-state index in [-0.39, 0.29) is 33.6 Å². The summed E-state index contributed by atoms with van der Waals surface area (Å²) in [4.78, 5) is 12.4. The van der Waals surface area contributed by atoms with Crippen molar-refractivity contribution in [3.63, 3.8) is 0 Å². The molecule has 5 nitrogen and oxygen atoms in total. The van der Waals surface area contributed by atoms with Crippen molar-refractivity contribution in [2.45, 2.75) is 18.7 Å². The minimum absolute atomic E-state index is 0.0258. The molecule has 0 fully saturated rings. The lowest BCUT2D eigenvalue weighted by atomic mass is 10.2. The van der Waals surface area contributed by atoms with Gasteiger partial charge in [0.2, 0.25) is 10.0 Å². The van der Waals surface area contributed by atoms with Crippen LogP contribution in [0.4, 0.5) is 5.69 Å². The Morgan fingerprint density at radius 2 is 1.65 bits per heavy atom. The van der Waals surface area contributed by atoms with Crippen LogP contribution in [0.1, 0.15) is 24.2 Å². The zero-order valence-electron chi connectivity index (χ0n) is 14.1. The predicted molar refractivity (Wildman–Crippen MR) is 109 cm³/mol. The molecule has 9 heteroatoms. The van der Waals surface area contributed by atoms with Crippen molar-refractivity contribution in [2.75, 3.05) is 18.4 Å². The molecule has 1 amide bonds. The molecule has 0 radical (unpaired) electrons. The number of anilines is 1. The summed E-state index contributed by atoms with van der Waals surface area (Å²) in [5, 5.41) is 2.73. The first-order valence-electron chi connectivity index (χ1n) is 7.76. The van der Waals surface area contributed by atoms with Gasteiger partial charge in [-0.15, -0.1) is 0 Å². The van der Waals surface area contributed by atoms with Crippen LogP contribution in [0.15, 0.2) is 45.8 Å². The van der Waals surface area contributed by atoms with Crippen molar-refractivity contribution >= 4 is 60.7 Å². The molecule has 0 aliphatic heterocycles. The lowest BCUT2D eigenvalue weighted by Crippen LogP contribution is -2.31. The molecular formula is C17H17BrCl2N2O3S. The molecule has 26 heavy (non-hydrogen) atoms. The number of sulfonamides is 1. The van der Waals surface area contributed by atoms with Crippen LogP contribution in [0, 0.1) is 0 Å². The standard InChI is InChI=1S/C17H17BrCl2N2O3S/c1-3-22(4-2)26(24,25)16-9-13(14(19)10-15(16)20)17(23)21-12-7-5-11(18)6-8-12/h5-10H,3-4H2,1-2H3,(H,21,23). The molecule has 2 rings (SSSR count). The van der Waals surface area contributed by atoms with E-state index in [2.05, 4.69) is 21.2 Å². The van der Waals surface area contributed by atoms with Crippen LogP contribution in [0.5, 0.6) is 0 Å². The number of hydrogen-bond acceptors (Lipinski definition) is 3. The second kappa shape index (κ2) is 8.71. The molecule has 0 aliphatic rings. The van der Waals surface area contributed by atoms with E-state index in [4.69, 9.17) is 23.2 Å². The zero-order valence-corrected chi connectivity index (χ0v) is 18.0. The second-order valence-electron chi connectivity index (χ2n) is 5.31. The number of nitrogens with one attached hydrogen (secondary N) is 1. The van der Waals surface area contributed by atoms with Crippen LogP contribution >= 0.6 is 39.1 Å². The molecule has 1 N–H and O–H groups in total. The van der Waals surface area contributed by atoms with E-state index in [0.29, 0.717) is 5.69 Å². The summed E-state index contributed by atoms with van der Waals surface area (Å²) in [5.74, 6) is -0.523. The van der Waals surface area contributed by atoms with Gasteiger partial charge in [-0.25, -0.2) is 8.42 Å². The Labute approximate surface area is 171 Å². The van der Waals surface area contributed by atoms with Crippen LogP contribution in [-0.4, -0.2) is 31.7 Å². The Balaban J connectivity index is 2.44. The van der Waals surface area contributed by atoms with Gasteiger partial charge in [0.25, 0.3) is 5.91 Å². The van der Waals surface area contributed by atoms with Gasteiger partial charge >= 0.3 is 0 Å². The fourth-order valence-electron chi connectivity index (χ4n) is 2.34. The van der Waals surface area contributed by atoms with Crippen molar-refractivity contribution in [1.29, 1.82) is 0 Å². The SMILES string of the molecule is CCN(CC)S(=O)(=O)c1cc(C(=O)Nc2ccc(Br)cc2)c(Cl)cc1Cl. The third kappa shape index (κ3) is 4.58. The van der Waals surface area contributed by atoms with Gasteiger partial charge in [0.05, 0.1) is 15.6 Å². The van der Waals surface area contributed by atoms with E-state index >= 15 is 0 Å². The third-order valence-electron chi connectivity index (χ3n) is 3.69. The fraction of sp³-hybridized carbons (Fsp3) is 0.235. The van der Waals surface area contributed by atoms with E-state index < -0.39 is 15.9 Å². The van der Waals surface area contributed by atoms with Gasteiger partial charge in [-0.3, -0.25) is 4.79 Å². The highest BCUT2D eigenvalue weighted by Crippen LogP contribution is 2.31. The molecule has 140 valence electrons. The molecule has 0 aliphatic carbocycles. The maximum atomic E-state index is 12.8. The first-order valence-corrected chi connectivity index (χ1v) is 10.8. The van der Waals surface area contributed by atoms with E-state index in [0.717, 1.165) is 4.47 Å². The topological polar surface area (TPSA) is 66.5 Å². The highest BCUT2D eigenvalue weighted by Gasteiger charge is 2.27. The number of hydrogen-bond donors (Lipinski definition) is 1. The predicted octanol–water partition coefficient (Wildman–Crippen LogP) is 5.04. The van der Waals surface area contributed by atoms with Gasteiger partial charge in [-0.1, -0.05) is 53.0 Å². The lowest BCUT2D eigenvalue weighted by Gasteiger charge is -2.20. The third-order valence-corrected chi connectivity index (χ3v) is 7.05. The summed E-state index contributed by atoms with van der Waals surface area (Å²) < 4.78 is 27.6. The monoisotopic (exact) mass is 478 g/mol. The molecule has 0 saturated carbocycles. The van der Waals surface area contributed by atoms with Gasteiger partial charge in [0, 0.05) is 23.2 Å². The largest absolute Gasteiger partial charge is 0.322 e. The van der Waals surface area contributed by atoms with Gasteiger partial charge in [-0.2, -0.15) is 4.31 Å². The average Bonchev–Trinajstić information content (AvgIpc) is 2.57. The maximum Gasteiger partial charge on any atom is 0.257 e. The van der Waals surface area contributed by atoms with E-state index in [1.165, 1.54) is 16.4 Å². The Kier molecular flexibility index (Phi) is 7.10. The van der Waals surface area contributed by atoms with Crippen molar-refractivity contribution in [2.24, 2.45) is 0 Å². The number of halogens is 3. The van der Waals surface area contributed by atoms with Crippen molar-refractivity contribution in [1.82, 2.24) is 4.31 Å². The Morgan fingerprint density at radius 1 is 1.08 bits per heavy atom. The summed E-state index contributed by atoms with van der Waals surface area (Å²) >= 11 is 15.5. The van der Waals surface area contributed by atoms with Crippen LogP contribution in [0.3, 0.4) is 0 Å². The van der Waals surface area contributed by atoms with Gasteiger partial charge < -0.3 is 5.32 Å². The summed E-state index contributed by atoms with van der Waals surface area (Å²) in [6, 6.07) is 9.45. The van der Waals surface area contributed by atoms with Gasteiger partial charge in [-0.05, 0) is 36.4 Å². The Bertz CT molecular complexity index is 914. The summed E-state index contributed by atoms with van der Waals surface area (Å²) in [5.41, 5.74) is 0.585. The van der Waals surface area contributed by atoms with E-state index in [1.807, 2.05) is 0 Å². The Morgan fingerprint density at radius 3 is 2.19 bits per heavy atom. The first-order chi connectivity index (χ1) is 12.2. The minimum atomic E-state index is -3.83. The minimum Gasteiger partial charge on any atom is -0.322 e. The van der Waals surface area contributed by atoms with Crippen LogP contribution in [-0.2, 0) is 10.0 Å². The molecular weight excluding hydrogens is 463 g/mol. The highest BCUT2D eigenvalue weighted by molar-refractivity contribution is 9.10. The van der Waals surface area contributed by atoms with Crippen LogP contribution in [0.25, 0.3) is 0 Å². The smallest absolute Gasteiger partial charge is 0.257 e. The van der Waals surface area contributed by atoms with Gasteiger partial charge in [0.1, 0.15) is 4.90 Å². The number of rotatable bonds is 6. The fourth-order valence-corrected chi connectivity index (χ4v) is 4.89. The van der Waals surface area contributed by atoms with Gasteiger partial charge in [0.15, 0.2) is 0 Å². The molecule has 0 heterocycles. The maximum absolute atomic E-state index is 12.8.